The van der Waals surface area contributed by atoms with E-state index in [1.807, 2.05) is 25.1 Å². The summed E-state index contributed by atoms with van der Waals surface area (Å²) in [7, 11) is 0. The Bertz CT molecular complexity index is 462. The van der Waals surface area contributed by atoms with Gasteiger partial charge in [0.25, 0.3) is 0 Å². The van der Waals surface area contributed by atoms with Crippen molar-refractivity contribution < 1.29 is 4.74 Å². The highest BCUT2D eigenvalue weighted by Gasteiger charge is 1.96. The third kappa shape index (κ3) is 2.83. The number of aryl methyl sites for hydroxylation is 2. The smallest absolute Gasteiger partial charge is 0.138 e. The molecule has 2 heteroatoms. The number of ether oxygens (including phenoxy) is 1. The van der Waals surface area contributed by atoms with Gasteiger partial charge >= 0.3 is 0 Å². The quantitative estimate of drug-likeness (QED) is 0.780. The number of benzene rings is 1. The molecule has 0 aliphatic heterocycles. The van der Waals surface area contributed by atoms with Crippen molar-refractivity contribution in [2.45, 2.75) is 20.5 Å². The molecule has 1 heterocycles. The minimum atomic E-state index is 0.590. The fourth-order valence-corrected chi connectivity index (χ4v) is 1.51. The normalized spacial score (nSPS) is 10.1. The molecule has 82 valence electrons. The lowest BCUT2D eigenvalue weighted by Crippen LogP contribution is -1.96. The first-order valence-corrected chi connectivity index (χ1v) is 5.35. The average molecular weight is 213 g/mol. The number of aromatic nitrogens is 1. The Morgan fingerprint density at radius 3 is 2.69 bits per heavy atom. The summed E-state index contributed by atoms with van der Waals surface area (Å²) in [5, 5.41) is 0. The molecule has 0 N–H and O–H groups in total. The summed E-state index contributed by atoms with van der Waals surface area (Å²) < 4.78 is 5.64. The summed E-state index contributed by atoms with van der Waals surface area (Å²) in [6.45, 7) is 4.63. The molecule has 0 aliphatic rings. The first-order valence-electron chi connectivity index (χ1n) is 5.35. The highest BCUT2D eigenvalue weighted by Crippen LogP contribution is 2.12. The van der Waals surface area contributed by atoms with Gasteiger partial charge in [0, 0.05) is 5.69 Å². The molecule has 2 nitrogen and oxygen atoms in total. The molecule has 0 bridgehead atoms. The second-order valence-electron chi connectivity index (χ2n) is 3.91. The Balaban J connectivity index is 1.99. The van der Waals surface area contributed by atoms with E-state index in [2.05, 4.69) is 30.1 Å². The van der Waals surface area contributed by atoms with Gasteiger partial charge in [0.05, 0.1) is 6.20 Å². The van der Waals surface area contributed by atoms with Crippen molar-refractivity contribution >= 4 is 0 Å². The van der Waals surface area contributed by atoms with Gasteiger partial charge in [-0.1, -0.05) is 29.8 Å². The van der Waals surface area contributed by atoms with Gasteiger partial charge in [0.15, 0.2) is 0 Å². The van der Waals surface area contributed by atoms with E-state index >= 15 is 0 Å². The summed E-state index contributed by atoms with van der Waals surface area (Å²) in [6, 6.07) is 12.2. The van der Waals surface area contributed by atoms with Gasteiger partial charge in [-0.3, -0.25) is 4.98 Å². The lowest BCUT2D eigenvalue weighted by Gasteiger charge is -2.06. The van der Waals surface area contributed by atoms with Crippen molar-refractivity contribution in [3.63, 3.8) is 0 Å². The monoisotopic (exact) mass is 213 g/mol. The predicted molar refractivity (Wildman–Crippen MR) is 64.5 cm³/mol. The molecule has 0 atom stereocenters. The third-order valence-corrected chi connectivity index (χ3v) is 2.37. The first kappa shape index (κ1) is 10.7. The van der Waals surface area contributed by atoms with Crippen LogP contribution in [0.5, 0.6) is 5.75 Å². The van der Waals surface area contributed by atoms with Crippen LogP contribution in [0.25, 0.3) is 0 Å². The largest absolute Gasteiger partial charge is 0.487 e. The van der Waals surface area contributed by atoms with Gasteiger partial charge in [-0.25, -0.2) is 0 Å². The van der Waals surface area contributed by atoms with E-state index in [9.17, 15) is 0 Å². The molecule has 0 amide bonds. The van der Waals surface area contributed by atoms with Gasteiger partial charge < -0.3 is 4.74 Å². The minimum Gasteiger partial charge on any atom is -0.487 e. The molecule has 2 aromatic rings. The Morgan fingerprint density at radius 1 is 1.12 bits per heavy atom. The third-order valence-electron chi connectivity index (χ3n) is 2.37. The maximum atomic E-state index is 5.64. The molecule has 0 fully saturated rings. The number of pyridine rings is 1. The summed E-state index contributed by atoms with van der Waals surface area (Å²) in [5.41, 5.74) is 3.44. The van der Waals surface area contributed by atoms with Crippen LogP contribution in [0, 0.1) is 13.8 Å². The van der Waals surface area contributed by atoms with Gasteiger partial charge in [-0.05, 0) is 31.5 Å². The topological polar surface area (TPSA) is 22.1 Å². The number of rotatable bonds is 3. The van der Waals surface area contributed by atoms with Crippen LogP contribution in [0.1, 0.15) is 16.8 Å². The molecule has 0 aliphatic carbocycles. The number of hydrogen-bond donors (Lipinski definition) is 0. The van der Waals surface area contributed by atoms with Crippen LogP contribution in [0.4, 0.5) is 0 Å². The predicted octanol–water partition coefficient (Wildman–Crippen LogP) is 3.28. The van der Waals surface area contributed by atoms with E-state index in [0.29, 0.717) is 6.61 Å². The molecule has 0 unspecified atom stereocenters. The van der Waals surface area contributed by atoms with E-state index < -0.39 is 0 Å². The van der Waals surface area contributed by atoms with Crippen molar-refractivity contribution in [3.8, 4) is 5.75 Å². The zero-order valence-electron chi connectivity index (χ0n) is 9.60. The minimum absolute atomic E-state index is 0.590. The van der Waals surface area contributed by atoms with Crippen molar-refractivity contribution in [2.24, 2.45) is 0 Å². The van der Waals surface area contributed by atoms with Crippen LogP contribution in [0.2, 0.25) is 0 Å². The lowest BCUT2D eigenvalue weighted by molar-refractivity contribution is 0.305. The summed E-state index contributed by atoms with van der Waals surface area (Å²) in [5.74, 6) is 0.812. The van der Waals surface area contributed by atoms with E-state index in [-0.39, 0.29) is 0 Å². The van der Waals surface area contributed by atoms with Crippen LogP contribution in [-0.4, -0.2) is 4.98 Å². The molecule has 0 spiro atoms. The summed E-state index contributed by atoms with van der Waals surface area (Å²) in [4.78, 5) is 4.18. The van der Waals surface area contributed by atoms with Crippen LogP contribution in [-0.2, 0) is 6.61 Å². The number of nitrogens with zero attached hydrogens (tertiary/aromatic N) is 1. The van der Waals surface area contributed by atoms with E-state index in [0.717, 1.165) is 11.4 Å². The van der Waals surface area contributed by atoms with Gasteiger partial charge in [0.1, 0.15) is 12.4 Å². The molecular formula is C14H15NO. The van der Waals surface area contributed by atoms with Gasteiger partial charge in [-0.2, -0.15) is 0 Å². The summed E-state index contributed by atoms with van der Waals surface area (Å²) >= 11 is 0. The fraction of sp³-hybridized carbons (Fsp3) is 0.214. The molecule has 1 aromatic heterocycles. The molecule has 0 saturated carbocycles. The van der Waals surface area contributed by atoms with Crippen LogP contribution < -0.4 is 4.74 Å². The van der Waals surface area contributed by atoms with Crippen LogP contribution in [0.15, 0.2) is 42.6 Å². The molecule has 1 aromatic carbocycles. The average Bonchev–Trinajstić information content (AvgIpc) is 2.28. The molecular weight excluding hydrogens is 198 g/mol. The van der Waals surface area contributed by atoms with Gasteiger partial charge in [0.2, 0.25) is 0 Å². The van der Waals surface area contributed by atoms with E-state index in [1.165, 1.54) is 11.1 Å². The number of hydrogen-bond acceptors (Lipinski definition) is 2. The first-order chi connectivity index (χ1) is 7.74. The zero-order chi connectivity index (χ0) is 11.4. The molecule has 2 rings (SSSR count). The van der Waals surface area contributed by atoms with Crippen molar-refractivity contribution in [3.05, 3.63) is 59.4 Å². The molecule has 16 heavy (non-hydrogen) atoms. The van der Waals surface area contributed by atoms with Crippen molar-refractivity contribution in [1.29, 1.82) is 0 Å². The SMILES string of the molecule is Cc1cccc(COc2ccc(C)nc2)c1. The molecule has 0 radical (unpaired) electrons. The zero-order valence-corrected chi connectivity index (χ0v) is 9.60. The highest BCUT2D eigenvalue weighted by atomic mass is 16.5. The Labute approximate surface area is 95.9 Å². The highest BCUT2D eigenvalue weighted by molar-refractivity contribution is 5.23. The van der Waals surface area contributed by atoms with Crippen LogP contribution >= 0.6 is 0 Å². The summed E-state index contributed by atoms with van der Waals surface area (Å²) in [6.07, 6.45) is 1.76. The standard InChI is InChI=1S/C14H15NO/c1-11-4-3-5-13(8-11)10-16-14-7-6-12(2)15-9-14/h3-9H,10H2,1-2H3. The van der Waals surface area contributed by atoms with E-state index in [1.54, 1.807) is 6.20 Å². The maximum absolute atomic E-state index is 5.64. The Morgan fingerprint density at radius 2 is 2.00 bits per heavy atom. The second-order valence-corrected chi connectivity index (χ2v) is 3.91. The fourth-order valence-electron chi connectivity index (χ4n) is 1.51. The maximum Gasteiger partial charge on any atom is 0.138 e. The van der Waals surface area contributed by atoms with Gasteiger partial charge in [-0.15, -0.1) is 0 Å². The Hall–Kier alpha value is -1.83. The second kappa shape index (κ2) is 4.79. The lowest BCUT2D eigenvalue weighted by atomic mass is 10.1. The Kier molecular flexibility index (Phi) is 3.20. The van der Waals surface area contributed by atoms with Crippen molar-refractivity contribution in [2.75, 3.05) is 0 Å². The van der Waals surface area contributed by atoms with E-state index in [4.69, 9.17) is 4.74 Å². The van der Waals surface area contributed by atoms with Crippen LogP contribution in [0.3, 0.4) is 0 Å². The molecule has 0 saturated heterocycles. The van der Waals surface area contributed by atoms with Crippen molar-refractivity contribution in [1.82, 2.24) is 4.98 Å².